The van der Waals surface area contributed by atoms with Gasteiger partial charge in [0.2, 0.25) is 5.91 Å². The maximum absolute atomic E-state index is 12.5. The number of ether oxygens (including phenoxy) is 1. The molecule has 1 aliphatic rings. The van der Waals surface area contributed by atoms with Crippen molar-refractivity contribution in [2.45, 2.75) is 52.0 Å². The summed E-state index contributed by atoms with van der Waals surface area (Å²) in [5.41, 5.74) is 7.74. The monoisotopic (exact) mass is 290 g/mol. The molecule has 1 amide bonds. The van der Waals surface area contributed by atoms with Gasteiger partial charge in [0.15, 0.2) is 0 Å². The molecule has 3 N–H and O–H groups in total. The predicted octanol–water partition coefficient (Wildman–Crippen LogP) is 3.24. The van der Waals surface area contributed by atoms with Gasteiger partial charge in [0.05, 0.1) is 12.5 Å². The molecule has 0 spiro atoms. The number of nitrogens with two attached hydrogens (primary N) is 1. The highest BCUT2D eigenvalue weighted by atomic mass is 16.5. The maximum Gasteiger partial charge on any atom is 0.229 e. The zero-order valence-electron chi connectivity index (χ0n) is 13.2. The van der Waals surface area contributed by atoms with Gasteiger partial charge in [0, 0.05) is 11.2 Å². The Morgan fingerprint density at radius 2 is 2.24 bits per heavy atom. The third-order valence-corrected chi connectivity index (χ3v) is 4.34. The van der Waals surface area contributed by atoms with Crippen LogP contribution in [0.25, 0.3) is 0 Å². The minimum Gasteiger partial charge on any atom is -0.494 e. The molecule has 4 nitrogen and oxygen atoms in total. The van der Waals surface area contributed by atoms with E-state index in [0.29, 0.717) is 6.61 Å². The van der Waals surface area contributed by atoms with Crippen molar-refractivity contribution in [2.24, 2.45) is 11.7 Å². The molecule has 0 saturated heterocycles. The molecule has 0 aromatic heterocycles. The summed E-state index contributed by atoms with van der Waals surface area (Å²) in [5.74, 6) is 0.749. The van der Waals surface area contributed by atoms with Crippen molar-refractivity contribution in [1.82, 2.24) is 0 Å². The zero-order valence-corrected chi connectivity index (χ0v) is 13.2. The SMILES string of the molecule is CCOc1ccc(NC(=O)C2CCCCC2(C)N)c(C)c1. The molecule has 1 fully saturated rings. The summed E-state index contributed by atoms with van der Waals surface area (Å²) < 4.78 is 5.46. The number of hydrogen-bond acceptors (Lipinski definition) is 3. The standard InChI is InChI=1S/C17H26N2O2/c1-4-21-13-8-9-15(12(2)11-13)19-16(20)14-7-5-6-10-17(14,3)18/h8-9,11,14H,4-7,10,18H2,1-3H3,(H,19,20). The summed E-state index contributed by atoms with van der Waals surface area (Å²) in [6, 6.07) is 5.73. The van der Waals surface area contributed by atoms with Gasteiger partial charge < -0.3 is 15.8 Å². The summed E-state index contributed by atoms with van der Waals surface area (Å²) in [4.78, 5) is 12.5. The third kappa shape index (κ3) is 3.76. The topological polar surface area (TPSA) is 64.3 Å². The van der Waals surface area contributed by atoms with Gasteiger partial charge in [-0.25, -0.2) is 0 Å². The average molecular weight is 290 g/mol. The molecule has 4 heteroatoms. The van der Waals surface area contributed by atoms with Gasteiger partial charge in [0.1, 0.15) is 5.75 Å². The number of rotatable bonds is 4. The van der Waals surface area contributed by atoms with E-state index in [1.807, 2.05) is 39.0 Å². The lowest BCUT2D eigenvalue weighted by atomic mass is 9.74. The Hall–Kier alpha value is -1.55. The van der Waals surface area contributed by atoms with Crippen molar-refractivity contribution in [3.05, 3.63) is 23.8 Å². The second-order valence-corrected chi connectivity index (χ2v) is 6.20. The Morgan fingerprint density at radius 1 is 1.48 bits per heavy atom. The van der Waals surface area contributed by atoms with Gasteiger partial charge in [-0.1, -0.05) is 12.8 Å². The molecule has 0 aliphatic heterocycles. The molecule has 2 rings (SSSR count). The van der Waals surface area contributed by atoms with Crippen LogP contribution in [0.5, 0.6) is 5.75 Å². The Kier molecular flexibility index (Phi) is 4.88. The van der Waals surface area contributed by atoms with Crippen molar-refractivity contribution in [2.75, 3.05) is 11.9 Å². The third-order valence-electron chi connectivity index (χ3n) is 4.34. The summed E-state index contributed by atoms with van der Waals surface area (Å²) in [7, 11) is 0. The van der Waals surface area contributed by atoms with E-state index in [-0.39, 0.29) is 11.8 Å². The number of carbonyl (C=O) groups excluding carboxylic acids is 1. The highest BCUT2D eigenvalue weighted by molar-refractivity contribution is 5.94. The molecule has 1 aliphatic carbocycles. The van der Waals surface area contributed by atoms with Crippen LogP contribution in [0.4, 0.5) is 5.69 Å². The van der Waals surface area contributed by atoms with Gasteiger partial charge in [0.25, 0.3) is 0 Å². The number of anilines is 1. The molecule has 1 aromatic carbocycles. The van der Waals surface area contributed by atoms with Crippen LogP contribution in [-0.2, 0) is 4.79 Å². The first-order valence-electron chi connectivity index (χ1n) is 7.77. The molecule has 0 heterocycles. The Bertz CT molecular complexity index is 512. The lowest BCUT2D eigenvalue weighted by molar-refractivity contribution is -0.122. The van der Waals surface area contributed by atoms with Gasteiger partial charge in [-0.05, 0) is 57.4 Å². The van der Waals surface area contributed by atoms with Crippen LogP contribution in [0.1, 0.15) is 45.1 Å². The van der Waals surface area contributed by atoms with Crippen LogP contribution in [0, 0.1) is 12.8 Å². The number of benzene rings is 1. The van der Waals surface area contributed by atoms with Crippen molar-refractivity contribution in [3.63, 3.8) is 0 Å². The highest BCUT2D eigenvalue weighted by Gasteiger charge is 2.37. The van der Waals surface area contributed by atoms with E-state index in [4.69, 9.17) is 10.5 Å². The normalized spacial score (nSPS) is 25.4. The minimum atomic E-state index is -0.401. The first-order chi connectivity index (χ1) is 9.94. The van der Waals surface area contributed by atoms with Crippen molar-refractivity contribution in [1.29, 1.82) is 0 Å². The molecular formula is C17H26N2O2. The van der Waals surface area contributed by atoms with Crippen LogP contribution in [0.2, 0.25) is 0 Å². The number of hydrogen-bond donors (Lipinski definition) is 2. The van der Waals surface area contributed by atoms with Gasteiger partial charge in [-0.15, -0.1) is 0 Å². The number of nitrogens with one attached hydrogen (secondary N) is 1. The lowest BCUT2D eigenvalue weighted by Crippen LogP contribution is -2.51. The van der Waals surface area contributed by atoms with Crippen LogP contribution in [0.3, 0.4) is 0 Å². The van der Waals surface area contributed by atoms with Gasteiger partial charge >= 0.3 is 0 Å². The summed E-state index contributed by atoms with van der Waals surface area (Å²) in [6.45, 7) is 6.55. The van der Waals surface area contributed by atoms with E-state index in [2.05, 4.69) is 5.32 Å². The van der Waals surface area contributed by atoms with Crippen LogP contribution >= 0.6 is 0 Å². The smallest absolute Gasteiger partial charge is 0.229 e. The Balaban J connectivity index is 2.08. The molecule has 0 bridgehead atoms. The molecule has 0 radical (unpaired) electrons. The zero-order chi connectivity index (χ0) is 15.5. The van der Waals surface area contributed by atoms with Gasteiger partial charge in [-0.2, -0.15) is 0 Å². The second-order valence-electron chi connectivity index (χ2n) is 6.20. The Morgan fingerprint density at radius 3 is 2.86 bits per heavy atom. The molecular weight excluding hydrogens is 264 g/mol. The lowest BCUT2D eigenvalue weighted by Gasteiger charge is -2.37. The largest absolute Gasteiger partial charge is 0.494 e. The molecule has 116 valence electrons. The molecule has 21 heavy (non-hydrogen) atoms. The predicted molar refractivity (Wildman–Crippen MR) is 85.5 cm³/mol. The minimum absolute atomic E-state index is 0.0342. The quantitative estimate of drug-likeness (QED) is 0.894. The van der Waals surface area contributed by atoms with E-state index in [9.17, 15) is 4.79 Å². The number of carbonyl (C=O) groups is 1. The van der Waals surface area contributed by atoms with E-state index in [0.717, 1.165) is 42.7 Å². The van der Waals surface area contributed by atoms with E-state index < -0.39 is 5.54 Å². The number of aryl methyl sites for hydroxylation is 1. The fraction of sp³-hybridized carbons (Fsp3) is 0.588. The first-order valence-corrected chi connectivity index (χ1v) is 7.77. The van der Waals surface area contributed by atoms with Crippen LogP contribution in [-0.4, -0.2) is 18.1 Å². The first kappa shape index (κ1) is 15.8. The fourth-order valence-corrected chi connectivity index (χ4v) is 3.04. The van der Waals surface area contributed by atoms with Crippen LogP contribution < -0.4 is 15.8 Å². The van der Waals surface area contributed by atoms with Crippen molar-refractivity contribution in [3.8, 4) is 5.75 Å². The molecule has 2 atom stereocenters. The van der Waals surface area contributed by atoms with Gasteiger partial charge in [-0.3, -0.25) is 4.79 Å². The molecule has 1 aromatic rings. The molecule has 1 saturated carbocycles. The van der Waals surface area contributed by atoms with E-state index in [1.165, 1.54) is 0 Å². The van der Waals surface area contributed by atoms with Crippen molar-refractivity contribution < 1.29 is 9.53 Å². The Labute approximate surface area is 127 Å². The van der Waals surface area contributed by atoms with E-state index in [1.54, 1.807) is 0 Å². The van der Waals surface area contributed by atoms with Crippen LogP contribution in [0.15, 0.2) is 18.2 Å². The summed E-state index contributed by atoms with van der Waals surface area (Å²) >= 11 is 0. The second kappa shape index (κ2) is 6.48. The molecule has 2 unspecified atom stereocenters. The fourth-order valence-electron chi connectivity index (χ4n) is 3.04. The number of amides is 1. The van der Waals surface area contributed by atoms with Crippen molar-refractivity contribution >= 4 is 11.6 Å². The summed E-state index contributed by atoms with van der Waals surface area (Å²) in [6.07, 6.45) is 3.97. The average Bonchev–Trinajstić information content (AvgIpc) is 2.41. The maximum atomic E-state index is 12.5. The summed E-state index contributed by atoms with van der Waals surface area (Å²) in [5, 5.41) is 3.03. The highest BCUT2D eigenvalue weighted by Crippen LogP contribution is 2.33. The van der Waals surface area contributed by atoms with E-state index >= 15 is 0 Å².